The van der Waals surface area contributed by atoms with Gasteiger partial charge in [0.1, 0.15) is 0 Å². The van der Waals surface area contributed by atoms with Crippen LogP contribution in [0.5, 0.6) is 0 Å². The van der Waals surface area contributed by atoms with Crippen molar-refractivity contribution < 1.29 is 9.84 Å². The number of rotatable bonds is 5. The van der Waals surface area contributed by atoms with Gasteiger partial charge in [-0.2, -0.15) is 0 Å². The Morgan fingerprint density at radius 1 is 1.43 bits per heavy atom. The van der Waals surface area contributed by atoms with Crippen molar-refractivity contribution in [3.63, 3.8) is 0 Å². The molecule has 3 fully saturated rings. The second kappa shape index (κ2) is 3.47. The number of hydrogen-bond donors (Lipinski definition) is 1. The van der Waals surface area contributed by atoms with E-state index in [0.717, 1.165) is 32.5 Å². The molecule has 0 unspecified atom stereocenters. The van der Waals surface area contributed by atoms with Crippen LogP contribution in [0, 0.1) is 5.41 Å². The Morgan fingerprint density at radius 2 is 2.14 bits per heavy atom. The van der Waals surface area contributed by atoms with Gasteiger partial charge in [0.25, 0.3) is 0 Å². The van der Waals surface area contributed by atoms with E-state index >= 15 is 0 Å². The monoisotopic (exact) mass is 199 g/mol. The Labute approximate surface area is 86.0 Å². The van der Waals surface area contributed by atoms with E-state index in [-0.39, 0.29) is 11.0 Å². The fourth-order valence-electron chi connectivity index (χ4n) is 3.09. The zero-order valence-corrected chi connectivity index (χ0v) is 9.25. The average molecular weight is 199 g/mol. The van der Waals surface area contributed by atoms with Crippen molar-refractivity contribution in [1.29, 1.82) is 0 Å². The SMILES string of the molecule is CCCN(C)CC12CC(CO)(CO1)C2. The predicted molar refractivity (Wildman–Crippen MR) is 55.2 cm³/mol. The van der Waals surface area contributed by atoms with Gasteiger partial charge < -0.3 is 14.7 Å². The van der Waals surface area contributed by atoms with Crippen molar-refractivity contribution >= 4 is 0 Å². The van der Waals surface area contributed by atoms with E-state index < -0.39 is 0 Å². The Balaban J connectivity index is 1.84. The summed E-state index contributed by atoms with van der Waals surface area (Å²) in [6.07, 6.45) is 3.31. The highest BCUT2D eigenvalue weighted by Gasteiger charge is 2.62. The van der Waals surface area contributed by atoms with Gasteiger partial charge in [0.2, 0.25) is 0 Å². The quantitative estimate of drug-likeness (QED) is 0.713. The largest absolute Gasteiger partial charge is 0.396 e. The molecule has 3 aliphatic rings. The summed E-state index contributed by atoms with van der Waals surface area (Å²) in [5, 5.41) is 9.22. The molecule has 2 bridgehead atoms. The normalized spacial score (nSPS) is 40.3. The topological polar surface area (TPSA) is 32.7 Å². The molecule has 1 aliphatic carbocycles. The van der Waals surface area contributed by atoms with Crippen molar-refractivity contribution in [1.82, 2.24) is 4.90 Å². The summed E-state index contributed by atoms with van der Waals surface area (Å²) in [6, 6.07) is 0. The van der Waals surface area contributed by atoms with Crippen molar-refractivity contribution in [2.75, 3.05) is 33.4 Å². The van der Waals surface area contributed by atoms with Gasteiger partial charge in [0, 0.05) is 12.0 Å². The number of nitrogens with zero attached hydrogens (tertiary/aromatic N) is 1. The minimum atomic E-state index is 0.0899. The molecule has 0 radical (unpaired) electrons. The van der Waals surface area contributed by atoms with E-state index in [1.54, 1.807) is 0 Å². The van der Waals surface area contributed by atoms with Crippen LogP contribution in [0.2, 0.25) is 0 Å². The molecule has 1 saturated carbocycles. The molecule has 1 N–H and O–H groups in total. The Hall–Kier alpha value is -0.120. The molecular weight excluding hydrogens is 178 g/mol. The van der Waals surface area contributed by atoms with Gasteiger partial charge in [-0.05, 0) is 32.9 Å². The van der Waals surface area contributed by atoms with Crippen LogP contribution in [0.15, 0.2) is 0 Å². The first kappa shape index (κ1) is 10.4. The maximum Gasteiger partial charge on any atom is 0.0823 e. The number of fused-ring (bicyclic) bond motifs is 1. The summed E-state index contributed by atoms with van der Waals surface area (Å²) >= 11 is 0. The average Bonchev–Trinajstić information content (AvgIpc) is 2.59. The lowest BCUT2D eigenvalue weighted by Crippen LogP contribution is -2.52. The molecule has 0 aromatic heterocycles. The number of ether oxygens (including phenoxy) is 1. The van der Waals surface area contributed by atoms with Gasteiger partial charge in [-0.25, -0.2) is 0 Å². The highest BCUT2D eigenvalue weighted by molar-refractivity contribution is 5.11. The second-order valence-electron chi connectivity index (χ2n) is 5.22. The van der Waals surface area contributed by atoms with Gasteiger partial charge in [0.15, 0.2) is 0 Å². The standard InChI is InChI=1S/C11H21NO2/c1-3-4-12(2)7-11-5-10(6-11,8-13)9-14-11/h13H,3-9H2,1-2H3. The fraction of sp³-hybridized carbons (Fsp3) is 1.00. The second-order valence-corrected chi connectivity index (χ2v) is 5.22. The van der Waals surface area contributed by atoms with Crippen LogP contribution < -0.4 is 0 Å². The van der Waals surface area contributed by atoms with Crippen LogP contribution in [0.4, 0.5) is 0 Å². The molecule has 14 heavy (non-hydrogen) atoms. The lowest BCUT2D eigenvalue weighted by molar-refractivity contribution is -0.0480. The predicted octanol–water partition coefficient (Wildman–Crippen LogP) is 0.870. The summed E-state index contributed by atoms with van der Waals surface area (Å²) in [6.45, 7) is 5.43. The molecule has 0 spiro atoms. The lowest BCUT2D eigenvalue weighted by Gasteiger charge is -2.45. The molecule has 0 amide bonds. The Kier molecular flexibility index (Phi) is 2.58. The van der Waals surface area contributed by atoms with Gasteiger partial charge in [0.05, 0.1) is 18.8 Å². The maximum atomic E-state index is 9.22. The van der Waals surface area contributed by atoms with E-state index in [1.807, 2.05) is 0 Å². The third kappa shape index (κ3) is 1.58. The molecule has 82 valence electrons. The van der Waals surface area contributed by atoms with Crippen molar-refractivity contribution in [2.45, 2.75) is 31.8 Å². The summed E-state index contributed by atoms with van der Waals surface area (Å²) in [5.41, 5.74) is 0.222. The molecule has 2 heterocycles. The molecule has 0 aromatic carbocycles. The first-order chi connectivity index (χ1) is 6.64. The number of hydrogen-bond acceptors (Lipinski definition) is 3. The maximum absolute atomic E-state index is 9.22. The molecule has 3 heteroatoms. The highest BCUT2D eigenvalue weighted by Crippen LogP contribution is 2.57. The fourth-order valence-corrected chi connectivity index (χ4v) is 3.09. The van der Waals surface area contributed by atoms with Crippen LogP contribution >= 0.6 is 0 Å². The molecular formula is C11H21NO2. The van der Waals surface area contributed by atoms with Crippen LogP contribution in [0.25, 0.3) is 0 Å². The summed E-state index contributed by atoms with van der Waals surface area (Å²) in [4.78, 5) is 2.34. The first-order valence-corrected chi connectivity index (χ1v) is 5.57. The van der Waals surface area contributed by atoms with Crippen molar-refractivity contribution in [2.24, 2.45) is 5.41 Å². The van der Waals surface area contributed by atoms with Gasteiger partial charge in [-0.15, -0.1) is 0 Å². The molecule has 2 saturated heterocycles. The number of aliphatic hydroxyl groups is 1. The third-order valence-corrected chi connectivity index (χ3v) is 3.58. The highest BCUT2D eigenvalue weighted by atomic mass is 16.5. The lowest BCUT2D eigenvalue weighted by atomic mass is 9.63. The van der Waals surface area contributed by atoms with E-state index in [9.17, 15) is 5.11 Å². The van der Waals surface area contributed by atoms with Gasteiger partial charge >= 0.3 is 0 Å². The van der Waals surface area contributed by atoms with Crippen LogP contribution in [0.3, 0.4) is 0 Å². The van der Waals surface area contributed by atoms with Crippen molar-refractivity contribution in [3.05, 3.63) is 0 Å². The summed E-state index contributed by atoms with van der Waals surface area (Å²) < 4.78 is 5.82. The molecule has 0 aromatic rings. The third-order valence-electron chi connectivity index (χ3n) is 3.58. The summed E-state index contributed by atoms with van der Waals surface area (Å²) in [5.74, 6) is 0. The first-order valence-electron chi connectivity index (χ1n) is 5.57. The molecule has 0 atom stereocenters. The van der Waals surface area contributed by atoms with Gasteiger partial charge in [-0.3, -0.25) is 0 Å². The smallest absolute Gasteiger partial charge is 0.0823 e. The van der Waals surface area contributed by atoms with Crippen LogP contribution in [0.1, 0.15) is 26.2 Å². The molecule has 3 rings (SSSR count). The summed E-state index contributed by atoms with van der Waals surface area (Å²) in [7, 11) is 2.15. The van der Waals surface area contributed by atoms with Crippen LogP contribution in [-0.2, 0) is 4.74 Å². The minimum absolute atomic E-state index is 0.0899. The molecule has 3 nitrogen and oxygen atoms in total. The van der Waals surface area contributed by atoms with E-state index in [4.69, 9.17) is 4.74 Å². The Bertz CT molecular complexity index is 211. The zero-order chi connectivity index (χ0) is 10.2. The number of aliphatic hydroxyl groups excluding tert-OH is 1. The number of likely N-dealkylation sites (N-methyl/N-ethyl adjacent to an activating group) is 1. The van der Waals surface area contributed by atoms with Crippen molar-refractivity contribution in [3.8, 4) is 0 Å². The zero-order valence-electron chi connectivity index (χ0n) is 9.25. The van der Waals surface area contributed by atoms with Gasteiger partial charge in [-0.1, -0.05) is 6.92 Å². The van der Waals surface area contributed by atoms with E-state index in [0.29, 0.717) is 6.61 Å². The molecule has 2 aliphatic heterocycles. The van der Waals surface area contributed by atoms with Crippen LogP contribution in [-0.4, -0.2) is 49.0 Å². The Morgan fingerprint density at radius 3 is 2.64 bits per heavy atom. The minimum Gasteiger partial charge on any atom is -0.396 e. The van der Waals surface area contributed by atoms with E-state index in [2.05, 4.69) is 18.9 Å². The van der Waals surface area contributed by atoms with E-state index in [1.165, 1.54) is 6.42 Å².